The number of alkyl halides is 5. The Morgan fingerprint density at radius 1 is 1.32 bits per heavy atom. The van der Waals surface area contributed by atoms with Crippen molar-refractivity contribution in [1.29, 1.82) is 0 Å². The Morgan fingerprint density at radius 3 is 2.55 bits per heavy atom. The van der Waals surface area contributed by atoms with E-state index in [0.29, 0.717) is 5.89 Å². The highest BCUT2D eigenvalue weighted by Gasteiger charge is 2.41. The lowest BCUT2D eigenvalue weighted by Gasteiger charge is -2.27. The number of nitrogens with one attached hydrogen (secondary N) is 1. The summed E-state index contributed by atoms with van der Waals surface area (Å²) in [5.74, 6) is -2.78. The molecule has 3 rings (SSSR count). The minimum Gasteiger partial charge on any atom is -0.451 e. The molecule has 0 bridgehead atoms. The van der Waals surface area contributed by atoms with Gasteiger partial charge in [0, 0.05) is 26.9 Å². The molecule has 0 spiro atoms. The summed E-state index contributed by atoms with van der Waals surface area (Å²) < 4.78 is 76.5. The number of hydrogen-bond acceptors (Lipinski definition) is 10. The summed E-state index contributed by atoms with van der Waals surface area (Å²) in [4.78, 5) is 9.04. The molecule has 1 aliphatic rings. The van der Waals surface area contributed by atoms with Crippen molar-refractivity contribution in [1.82, 2.24) is 25.6 Å². The molecule has 0 aliphatic carbocycles. The number of ether oxygens (including phenoxy) is 1. The van der Waals surface area contributed by atoms with Gasteiger partial charge in [0.2, 0.25) is 11.8 Å². The van der Waals surface area contributed by atoms with Gasteiger partial charge in [-0.05, 0) is 6.92 Å². The van der Waals surface area contributed by atoms with Crippen LogP contribution in [0.5, 0.6) is 6.01 Å². The third-order valence-electron chi connectivity index (χ3n) is 4.48. The van der Waals surface area contributed by atoms with Gasteiger partial charge >= 0.3 is 12.2 Å². The van der Waals surface area contributed by atoms with Gasteiger partial charge in [-0.25, -0.2) is 14.2 Å². The van der Waals surface area contributed by atoms with Crippen molar-refractivity contribution >= 4 is 17.3 Å². The van der Waals surface area contributed by atoms with E-state index in [-0.39, 0.29) is 36.3 Å². The first-order valence-corrected chi connectivity index (χ1v) is 9.17. The number of rotatable bonds is 7. The molecule has 1 fully saturated rings. The minimum atomic E-state index is -4.68. The number of halogens is 5. The highest BCUT2D eigenvalue weighted by Crippen LogP contribution is 2.38. The molecule has 1 saturated heterocycles. The van der Waals surface area contributed by atoms with Crippen molar-refractivity contribution in [2.45, 2.75) is 45.0 Å². The topological polar surface area (TPSA) is 118 Å². The molecule has 172 valence electrons. The number of aryl methyl sites for hydroxylation is 1. The quantitative estimate of drug-likeness (QED) is 0.477. The van der Waals surface area contributed by atoms with Crippen molar-refractivity contribution in [2.24, 2.45) is 0 Å². The average molecular weight is 452 g/mol. The van der Waals surface area contributed by atoms with Crippen LogP contribution in [0.4, 0.5) is 39.3 Å². The van der Waals surface area contributed by atoms with Crippen LogP contribution in [0.2, 0.25) is 0 Å². The number of nitrogens with two attached hydrogens (primary N) is 1. The normalized spacial score (nSPS) is 17.1. The van der Waals surface area contributed by atoms with Gasteiger partial charge < -0.3 is 19.8 Å². The SMILES string of the molecule is CNN(Cc1nnc(C)o1)c1nc(O[C@@H](C)C(F)(F)F)nc(N2CCC(F)(F)C2)c1N. The zero-order chi connectivity index (χ0) is 23.0. The summed E-state index contributed by atoms with van der Waals surface area (Å²) in [6.07, 6.45) is -7.37. The zero-order valence-electron chi connectivity index (χ0n) is 16.9. The van der Waals surface area contributed by atoms with Crippen molar-refractivity contribution in [3.05, 3.63) is 11.8 Å². The number of hydrogen-bond donors (Lipinski definition) is 2. The fourth-order valence-electron chi connectivity index (χ4n) is 2.86. The third-order valence-corrected chi connectivity index (χ3v) is 4.48. The number of hydrazine groups is 1. The molecule has 15 heteroatoms. The maximum Gasteiger partial charge on any atom is 0.425 e. The molecule has 1 atom stereocenters. The summed E-state index contributed by atoms with van der Waals surface area (Å²) in [5, 5.41) is 8.83. The van der Waals surface area contributed by atoms with Crippen LogP contribution in [0.15, 0.2) is 4.42 Å². The Labute approximate surface area is 173 Å². The molecular formula is C16H21F5N8O2. The van der Waals surface area contributed by atoms with Crippen LogP contribution in [0, 0.1) is 6.92 Å². The van der Waals surface area contributed by atoms with E-state index in [0.717, 1.165) is 6.92 Å². The molecule has 31 heavy (non-hydrogen) atoms. The van der Waals surface area contributed by atoms with E-state index in [1.54, 1.807) is 6.92 Å². The lowest BCUT2D eigenvalue weighted by atomic mass is 10.3. The van der Waals surface area contributed by atoms with Gasteiger partial charge in [-0.15, -0.1) is 10.2 Å². The summed E-state index contributed by atoms with van der Waals surface area (Å²) >= 11 is 0. The first kappa shape index (κ1) is 22.7. The van der Waals surface area contributed by atoms with E-state index >= 15 is 0 Å². The molecule has 2 aromatic rings. The van der Waals surface area contributed by atoms with E-state index in [4.69, 9.17) is 14.9 Å². The Bertz CT molecular complexity index is 922. The van der Waals surface area contributed by atoms with Gasteiger partial charge in [-0.1, -0.05) is 0 Å². The summed E-state index contributed by atoms with van der Waals surface area (Å²) in [5.41, 5.74) is 8.76. The van der Waals surface area contributed by atoms with E-state index < -0.39 is 37.2 Å². The molecule has 10 nitrogen and oxygen atoms in total. The van der Waals surface area contributed by atoms with Gasteiger partial charge in [-0.2, -0.15) is 23.1 Å². The highest BCUT2D eigenvalue weighted by atomic mass is 19.4. The predicted molar refractivity (Wildman–Crippen MR) is 98.6 cm³/mol. The Kier molecular flexibility index (Phi) is 6.07. The standard InChI is InChI=1S/C16H21F5N8O2/c1-8(16(19,20)21)30-14-24-12(28-5-4-15(17,18)7-28)11(22)13(25-14)29(23-3)6-10-27-26-9(2)31-10/h8,23H,4-7,22H2,1-3H3/t8-/m0/s1. The lowest BCUT2D eigenvalue weighted by molar-refractivity contribution is -0.190. The van der Waals surface area contributed by atoms with Crippen LogP contribution in [0.25, 0.3) is 0 Å². The van der Waals surface area contributed by atoms with Crippen LogP contribution < -0.4 is 25.8 Å². The molecule has 0 radical (unpaired) electrons. The van der Waals surface area contributed by atoms with Gasteiger partial charge in [0.05, 0.1) is 6.54 Å². The van der Waals surface area contributed by atoms with Crippen molar-refractivity contribution < 1.29 is 31.1 Å². The molecule has 0 aromatic carbocycles. The van der Waals surface area contributed by atoms with Crippen LogP contribution >= 0.6 is 0 Å². The average Bonchev–Trinajstić information content (AvgIpc) is 3.24. The van der Waals surface area contributed by atoms with E-state index in [2.05, 4.69) is 25.6 Å². The van der Waals surface area contributed by atoms with E-state index in [1.165, 1.54) is 17.0 Å². The first-order valence-electron chi connectivity index (χ1n) is 9.17. The molecule has 3 N–H and O–H groups in total. The Hall–Kier alpha value is -2.97. The molecular weight excluding hydrogens is 431 g/mol. The molecule has 1 aliphatic heterocycles. The van der Waals surface area contributed by atoms with E-state index in [1.807, 2.05) is 0 Å². The van der Waals surface area contributed by atoms with Crippen LogP contribution in [0.3, 0.4) is 0 Å². The largest absolute Gasteiger partial charge is 0.451 e. The lowest BCUT2D eigenvalue weighted by Crippen LogP contribution is -2.37. The highest BCUT2D eigenvalue weighted by molar-refractivity contribution is 5.76. The van der Waals surface area contributed by atoms with Gasteiger partial charge in [0.25, 0.3) is 5.92 Å². The first-order chi connectivity index (χ1) is 14.4. The summed E-state index contributed by atoms with van der Waals surface area (Å²) in [6, 6.07) is -0.666. The van der Waals surface area contributed by atoms with Crippen LogP contribution in [-0.4, -0.2) is 58.5 Å². The molecule has 0 amide bonds. The number of aromatic nitrogens is 4. The second-order valence-corrected chi connectivity index (χ2v) is 6.92. The van der Waals surface area contributed by atoms with Gasteiger partial charge in [-0.3, -0.25) is 5.01 Å². The van der Waals surface area contributed by atoms with Crippen LogP contribution in [-0.2, 0) is 6.54 Å². The Balaban J connectivity index is 2.01. The van der Waals surface area contributed by atoms with Crippen LogP contribution in [0.1, 0.15) is 25.1 Å². The third kappa shape index (κ3) is 5.21. The second-order valence-electron chi connectivity index (χ2n) is 6.92. The van der Waals surface area contributed by atoms with Gasteiger partial charge in [0.1, 0.15) is 12.2 Å². The fraction of sp³-hybridized carbons (Fsp3) is 0.625. The Morgan fingerprint density at radius 2 is 2.03 bits per heavy atom. The monoisotopic (exact) mass is 452 g/mol. The summed E-state index contributed by atoms with van der Waals surface area (Å²) in [6.45, 7) is 1.51. The molecule has 3 heterocycles. The van der Waals surface area contributed by atoms with Crippen molar-refractivity contribution in [3.63, 3.8) is 0 Å². The maximum atomic E-state index is 13.7. The fourth-order valence-corrected chi connectivity index (χ4v) is 2.86. The molecule has 0 unspecified atom stereocenters. The number of nitrogens with zero attached hydrogens (tertiary/aromatic N) is 6. The van der Waals surface area contributed by atoms with E-state index in [9.17, 15) is 22.0 Å². The van der Waals surface area contributed by atoms with Crippen molar-refractivity contribution in [2.75, 3.05) is 35.8 Å². The number of anilines is 3. The minimum absolute atomic E-state index is 0.0670. The smallest absolute Gasteiger partial charge is 0.425 e. The van der Waals surface area contributed by atoms with Crippen molar-refractivity contribution in [3.8, 4) is 6.01 Å². The molecule has 0 saturated carbocycles. The molecule has 2 aromatic heterocycles. The summed E-state index contributed by atoms with van der Waals surface area (Å²) in [7, 11) is 1.49. The second kappa shape index (κ2) is 8.28. The zero-order valence-corrected chi connectivity index (χ0v) is 16.9. The number of nitrogen functional groups attached to an aromatic ring is 1. The maximum absolute atomic E-state index is 13.7. The predicted octanol–water partition coefficient (Wildman–Crippen LogP) is 2.07. The van der Waals surface area contributed by atoms with Gasteiger partial charge in [0.15, 0.2) is 17.7 Å².